The molecule has 0 bridgehead atoms. The number of rotatable bonds is 15. The third-order valence-corrected chi connectivity index (χ3v) is 9.18. The van der Waals surface area contributed by atoms with E-state index in [9.17, 15) is 16.8 Å². The van der Waals surface area contributed by atoms with Crippen molar-refractivity contribution in [3.63, 3.8) is 0 Å². The number of methoxy groups -OCH3 is 1. The molecule has 2 rings (SSSR count). The molecule has 0 heterocycles. The Morgan fingerprint density at radius 2 is 1.44 bits per heavy atom. The molecule has 0 saturated heterocycles. The third kappa shape index (κ3) is 8.73. The predicted molar refractivity (Wildman–Crippen MR) is 157 cm³/mol. The molecular formula is C21H30I2N4O7S2. The number of ether oxygens (including phenoxy) is 3. The van der Waals surface area contributed by atoms with Gasteiger partial charge in [-0.2, -0.15) is 4.31 Å². The Balaban J connectivity index is 1.81. The Morgan fingerprint density at radius 1 is 0.861 bits per heavy atom. The van der Waals surface area contributed by atoms with Gasteiger partial charge in [0.05, 0.1) is 87.3 Å². The molecule has 0 atom stereocenters. The van der Waals surface area contributed by atoms with E-state index in [0.717, 1.165) is 6.26 Å². The molecule has 0 fully saturated rings. The van der Waals surface area contributed by atoms with Gasteiger partial charge < -0.3 is 21.3 Å². The van der Waals surface area contributed by atoms with Gasteiger partial charge in [-0.1, -0.05) is 0 Å². The van der Waals surface area contributed by atoms with E-state index in [1.165, 1.54) is 42.7 Å². The second kappa shape index (κ2) is 14.1. The minimum atomic E-state index is -3.70. The molecule has 15 heteroatoms. The Morgan fingerprint density at radius 3 is 2.03 bits per heavy atom. The third-order valence-electron chi connectivity index (χ3n) is 5.06. The zero-order valence-corrected chi connectivity index (χ0v) is 26.3. The summed E-state index contributed by atoms with van der Waals surface area (Å²) >= 11 is 3.90. The molecule has 2 aromatic rings. The summed E-state index contributed by atoms with van der Waals surface area (Å²) in [5, 5.41) is 0. The van der Waals surface area contributed by atoms with E-state index in [4.69, 9.17) is 14.2 Å². The normalized spacial score (nSPS) is 12.1. The highest BCUT2D eigenvalue weighted by molar-refractivity contribution is 14.1. The number of halogens is 2. The number of hydrogen-bond donors (Lipinski definition) is 2. The lowest BCUT2D eigenvalue weighted by atomic mass is 10.3. The van der Waals surface area contributed by atoms with Crippen LogP contribution in [0.25, 0.3) is 0 Å². The minimum Gasteiger partial charge on any atom is -0.495 e. The molecule has 0 radical (unpaired) electrons. The van der Waals surface area contributed by atoms with Crippen molar-refractivity contribution < 1.29 is 31.0 Å². The van der Waals surface area contributed by atoms with Crippen LogP contribution in [-0.2, 0) is 24.6 Å². The molecule has 2 aromatic carbocycles. The van der Waals surface area contributed by atoms with Gasteiger partial charge in [0.1, 0.15) is 18.1 Å². The summed E-state index contributed by atoms with van der Waals surface area (Å²) in [6.07, 6.45) is 1.15. The Hall–Kier alpha value is -1.12. The number of anilines is 2. The van der Waals surface area contributed by atoms with Crippen LogP contribution in [0.15, 0.2) is 46.2 Å². The van der Waals surface area contributed by atoms with Gasteiger partial charge >= 0.3 is 0 Å². The quantitative estimate of drug-likeness (QED) is 0.121. The van der Waals surface area contributed by atoms with E-state index in [-0.39, 0.29) is 29.7 Å². The summed E-state index contributed by atoms with van der Waals surface area (Å²) in [6, 6.07) is 9.32. The van der Waals surface area contributed by atoms with Gasteiger partial charge in [0.15, 0.2) is 9.84 Å². The zero-order chi connectivity index (χ0) is 26.9. The molecule has 0 unspecified atom stereocenters. The first-order chi connectivity index (χ1) is 16.9. The maximum atomic E-state index is 12.9. The van der Waals surface area contributed by atoms with Gasteiger partial charge in [-0.15, -0.1) is 0 Å². The van der Waals surface area contributed by atoms with Crippen LogP contribution in [0.4, 0.5) is 11.4 Å². The van der Waals surface area contributed by atoms with Gasteiger partial charge in [0.2, 0.25) is 10.0 Å². The fraction of sp³-hybridized carbons (Fsp3) is 0.429. The molecule has 0 spiro atoms. The first-order valence-corrected chi connectivity index (χ1v) is 16.0. The van der Waals surface area contributed by atoms with Crippen LogP contribution in [0.2, 0.25) is 0 Å². The Labute approximate surface area is 240 Å². The number of hydrogen-bond acceptors (Lipinski definition) is 10. The van der Waals surface area contributed by atoms with Crippen molar-refractivity contribution in [1.29, 1.82) is 0 Å². The first kappa shape index (κ1) is 31.1. The van der Waals surface area contributed by atoms with Crippen molar-refractivity contribution in [3.8, 4) is 11.5 Å². The molecule has 0 aliphatic carbocycles. The maximum absolute atomic E-state index is 12.9. The maximum Gasteiger partial charge on any atom is 0.243 e. The van der Waals surface area contributed by atoms with E-state index < -0.39 is 19.9 Å². The van der Waals surface area contributed by atoms with Crippen LogP contribution < -0.4 is 16.5 Å². The molecule has 0 saturated carbocycles. The molecule has 0 aliphatic heterocycles. The van der Waals surface area contributed by atoms with Crippen LogP contribution >= 0.6 is 45.7 Å². The van der Waals surface area contributed by atoms with E-state index >= 15 is 0 Å². The SMILES string of the molecule is COc1cc(S(=O)(=O)N(C)CCOCN(C)CCOc2cc(S(C)(=O)=O)ccc2NI)ccc1NI. The topological polar surface area (TPSA) is 127 Å². The largest absolute Gasteiger partial charge is 0.495 e. The second-order valence-corrected chi connectivity index (χ2v) is 12.9. The summed E-state index contributed by atoms with van der Waals surface area (Å²) in [5.74, 6) is 0.871. The summed E-state index contributed by atoms with van der Waals surface area (Å²) in [6.45, 7) is 1.45. The number of sulfonamides is 1. The average molecular weight is 768 g/mol. The van der Waals surface area contributed by atoms with Crippen molar-refractivity contribution in [2.75, 3.05) is 67.6 Å². The van der Waals surface area contributed by atoms with E-state index in [1.54, 1.807) is 12.1 Å². The van der Waals surface area contributed by atoms with Gasteiger partial charge in [-0.3, -0.25) is 4.90 Å². The summed E-state index contributed by atoms with van der Waals surface area (Å²) in [7, 11) is -2.23. The van der Waals surface area contributed by atoms with Crippen LogP contribution in [-0.4, -0.2) is 86.5 Å². The monoisotopic (exact) mass is 768 g/mol. The lowest BCUT2D eigenvalue weighted by molar-refractivity contribution is 0.0340. The predicted octanol–water partition coefficient (Wildman–Crippen LogP) is 3.23. The fourth-order valence-electron chi connectivity index (χ4n) is 2.93. The van der Waals surface area contributed by atoms with Crippen LogP contribution in [0.5, 0.6) is 11.5 Å². The fourth-order valence-corrected chi connectivity index (χ4v) is 5.63. The highest BCUT2D eigenvalue weighted by atomic mass is 127. The molecule has 0 aliphatic rings. The Bertz CT molecular complexity index is 1230. The highest BCUT2D eigenvalue weighted by Gasteiger charge is 2.22. The average Bonchev–Trinajstić information content (AvgIpc) is 2.85. The molecule has 202 valence electrons. The van der Waals surface area contributed by atoms with Gasteiger partial charge in [-0.05, 0) is 31.3 Å². The molecule has 11 nitrogen and oxygen atoms in total. The lowest BCUT2D eigenvalue weighted by Gasteiger charge is -2.20. The van der Waals surface area contributed by atoms with Crippen molar-refractivity contribution in [1.82, 2.24) is 9.21 Å². The summed E-state index contributed by atoms with van der Waals surface area (Å²) < 4.78 is 73.1. The van der Waals surface area contributed by atoms with Crippen LogP contribution in [0.3, 0.4) is 0 Å². The number of nitrogens with zero attached hydrogens (tertiary/aromatic N) is 2. The Kier molecular flexibility index (Phi) is 12.2. The number of benzene rings is 2. The van der Waals surface area contributed by atoms with Crippen LogP contribution in [0, 0.1) is 0 Å². The van der Waals surface area contributed by atoms with E-state index in [0.29, 0.717) is 36.0 Å². The van der Waals surface area contributed by atoms with Crippen molar-refractivity contribution in [3.05, 3.63) is 36.4 Å². The molecular weight excluding hydrogens is 738 g/mol. The number of sulfone groups is 1. The number of nitrogens with one attached hydrogen (secondary N) is 2. The second-order valence-electron chi connectivity index (χ2n) is 7.77. The smallest absolute Gasteiger partial charge is 0.243 e. The lowest BCUT2D eigenvalue weighted by Crippen LogP contribution is -2.32. The van der Waals surface area contributed by atoms with Crippen molar-refractivity contribution in [2.45, 2.75) is 9.79 Å². The standard InChI is InChI=1S/C21H30I2N4O7S2/c1-26(9-12-34-21-13-16(35(4,28)29)5-7-19(21)25-23)15-33-11-10-27(2)36(30,31)17-6-8-18(24-22)20(14-17)32-3/h5-8,13-14,24-25H,9-12,15H2,1-4H3. The molecule has 36 heavy (non-hydrogen) atoms. The van der Waals surface area contributed by atoms with Crippen LogP contribution in [0.1, 0.15) is 0 Å². The van der Waals surface area contributed by atoms with Gasteiger partial charge in [0.25, 0.3) is 0 Å². The van der Waals surface area contributed by atoms with Gasteiger partial charge in [0, 0.05) is 38.5 Å². The summed E-state index contributed by atoms with van der Waals surface area (Å²) in [4.78, 5) is 2.18. The number of likely N-dealkylation sites (N-methyl/N-ethyl adjacent to an activating group) is 2. The summed E-state index contributed by atoms with van der Waals surface area (Å²) in [5.41, 5.74) is 1.35. The molecule has 2 N–H and O–H groups in total. The first-order valence-electron chi connectivity index (χ1n) is 10.5. The van der Waals surface area contributed by atoms with E-state index in [2.05, 4.69) is 7.06 Å². The van der Waals surface area contributed by atoms with Crippen molar-refractivity contribution in [2.24, 2.45) is 0 Å². The van der Waals surface area contributed by atoms with Gasteiger partial charge in [-0.25, -0.2) is 16.8 Å². The van der Waals surface area contributed by atoms with E-state index in [1.807, 2.05) is 57.7 Å². The molecule has 0 aromatic heterocycles. The van der Waals surface area contributed by atoms with Crippen molar-refractivity contribution >= 4 is 77.0 Å². The highest BCUT2D eigenvalue weighted by Crippen LogP contribution is 2.30. The molecule has 0 amide bonds. The minimum absolute atomic E-state index is 0.131. The zero-order valence-electron chi connectivity index (χ0n) is 20.3.